The maximum absolute atomic E-state index is 13.0. The maximum Gasteiger partial charge on any atom is 0.294 e. The number of anilines is 2. The monoisotopic (exact) mass is 409 g/mol. The van der Waals surface area contributed by atoms with Gasteiger partial charge in [-0.3, -0.25) is 14.5 Å². The van der Waals surface area contributed by atoms with E-state index in [0.717, 1.165) is 31.9 Å². The topological polar surface area (TPSA) is 77.2 Å². The van der Waals surface area contributed by atoms with Gasteiger partial charge in [0.25, 0.3) is 5.91 Å². The zero-order valence-corrected chi connectivity index (χ0v) is 17.5. The molecule has 7 nitrogen and oxygen atoms in total. The molecule has 0 saturated carbocycles. The van der Waals surface area contributed by atoms with Crippen LogP contribution < -0.4 is 9.80 Å². The summed E-state index contributed by atoms with van der Waals surface area (Å²) in [6.07, 6.45) is 1.50. The number of hydrogen-bond donors (Lipinski definition) is 1. The summed E-state index contributed by atoms with van der Waals surface area (Å²) in [7, 11) is 2.11. The average molecular weight is 409 g/mol. The smallest absolute Gasteiger partial charge is 0.294 e. The average Bonchev–Trinajstić information content (AvgIpc) is 3.35. The molecule has 1 unspecified atom stereocenters. The van der Waals surface area contributed by atoms with E-state index in [1.165, 1.54) is 11.2 Å². The lowest BCUT2D eigenvalue weighted by atomic mass is 9.94. The lowest BCUT2D eigenvalue weighted by Gasteiger charge is -2.34. The first-order valence-corrected chi connectivity index (χ1v) is 10.3. The second-order valence-electron chi connectivity index (χ2n) is 8.18. The molecule has 1 N–H and O–H groups in total. The van der Waals surface area contributed by atoms with Crippen molar-refractivity contribution < 1.29 is 19.1 Å². The molecule has 0 bridgehead atoms. The van der Waals surface area contributed by atoms with Crippen molar-refractivity contribution >= 4 is 23.1 Å². The van der Waals surface area contributed by atoms with Crippen LogP contribution in [0.5, 0.6) is 0 Å². The van der Waals surface area contributed by atoms with Crippen LogP contribution in [0.15, 0.2) is 58.4 Å². The van der Waals surface area contributed by atoms with E-state index in [0.29, 0.717) is 11.4 Å². The Morgan fingerprint density at radius 3 is 2.27 bits per heavy atom. The molecule has 1 amide bonds. The van der Waals surface area contributed by atoms with Crippen LogP contribution in [0.25, 0.3) is 0 Å². The van der Waals surface area contributed by atoms with Gasteiger partial charge in [0.05, 0.1) is 11.8 Å². The molecule has 1 fully saturated rings. The minimum absolute atomic E-state index is 0.0908. The summed E-state index contributed by atoms with van der Waals surface area (Å²) in [5.74, 6) is -1.27. The van der Waals surface area contributed by atoms with Crippen LogP contribution in [0.2, 0.25) is 0 Å². The van der Waals surface area contributed by atoms with E-state index in [4.69, 9.17) is 4.42 Å². The number of benzene rings is 1. The fourth-order valence-corrected chi connectivity index (χ4v) is 4.04. The molecule has 2 aliphatic heterocycles. The largest absolute Gasteiger partial charge is 0.503 e. The van der Waals surface area contributed by atoms with Gasteiger partial charge in [-0.15, -0.1) is 0 Å². The Bertz CT molecular complexity index is 955. The van der Waals surface area contributed by atoms with E-state index in [-0.39, 0.29) is 17.3 Å². The first kappa shape index (κ1) is 20.2. The summed E-state index contributed by atoms with van der Waals surface area (Å²) >= 11 is 0. The van der Waals surface area contributed by atoms with Crippen LogP contribution in [-0.2, 0) is 9.59 Å². The van der Waals surface area contributed by atoms with Gasteiger partial charge in [-0.1, -0.05) is 13.8 Å². The highest BCUT2D eigenvalue weighted by molar-refractivity contribution is 6.16. The third-order valence-electron chi connectivity index (χ3n) is 5.81. The number of furan rings is 1. The van der Waals surface area contributed by atoms with E-state index in [9.17, 15) is 14.7 Å². The second-order valence-corrected chi connectivity index (χ2v) is 8.18. The van der Waals surface area contributed by atoms with Crippen molar-refractivity contribution in [3.63, 3.8) is 0 Å². The Labute approximate surface area is 176 Å². The van der Waals surface area contributed by atoms with E-state index in [1.807, 2.05) is 24.3 Å². The molecule has 2 aromatic rings. The number of carbonyl (C=O) groups excluding carboxylic acids is 2. The van der Waals surface area contributed by atoms with Gasteiger partial charge in [0.2, 0.25) is 0 Å². The lowest BCUT2D eigenvalue weighted by molar-refractivity contribution is -0.119. The molecular weight excluding hydrogens is 382 g/mol. The molecule has 1 saturated heterocycles. The fraction of sp³-hybridized carbons (Fsp3) is 0.391. The number of hydrogen-bond acceptors (Lipinski definition) is 6. The second kappa shape index (κ2) is 7.99. The molecule has 4 rings (SSSR count). The molecule has 1 atom stereocenters. The first-order chi connectivity index (χ1) is 14.4. The molecule has 158 valence electrons. The minimum atomic E-state index is -0.781. The standard InChI is InChI=1S/C23H27N3O4/c1-15(2)21(27)19-20(18-5-4-14-30-18)26(23(29)22(19)28)17-8-6-16(7-9-17)25-12-10-24(3)11-13-25/h4-9,14-15,20,28H,10-13H2,1-3H3. The fourth-order valence-electron chi connectivity index (χ4n) is 4.04. The van der Waals surface area contributed by atoms with Gasteiger partial charge in [-0.2, -0.15) is 0 Å². The maximum atomic E-state index is 13.0. The van der Waals surface area contributed by atoms with E-state index in [2.05, 4.69) is 16.8 Å². The third-order valence-corrected chi connectivity index (χ3v) is 5.81. The van der Waals surface area contributed by atoms with Gasteiger partial charge in [0, 0.05) is 43.5 Å². The number of Topliss-reactive ketones (excluding diaryl/α,β-unsaturated/α-hetero) is 1. The van der Waals surface area contributed by atoms with Crippen molar-refractivity contribution in [2.75, 3.05) is 43.0 Å². The van der Waals surface area contributed by atoms with Gasteiger partial charge in [0.1, 0.15) is 11.8 Å². The predicted octanol–water partition coefficient (Wildman–Crippen LogP) is 3.16. The van der Waals surface area contributed by atoms with Crippen LogP contribution in [-0.4, -0.2) is 54.9 Å². The number of amides is 1. The zero-order chi connectivity index (χ0) is 21.4. The Morgan fingerprint density at radius 2 is 1.70 bits per heavy atom. The van der Waals surface area contributed by atoms with Crippen LogP contribution in [0.3, 0.4) is 0 Å². The number of ketones is 1. The summed E-state index contributed by atoms with van der Waals surface area (Å²) in [4.78, 5) is 31.8. The molecule has 0 spiro atoms. The van der Waals surface area contributed by atoms with Crippen molar-refractivity contribution in [3.05, 3.63) is 59.8 Å². The molecule has 3 heterocycles. The number of rotatable bonds is 5. The van der Waals surface area contributed by atoms with E-state index >= 15 is 0 Å². The Kier molecular flexibility index (Phi) is 5.39. The quantitative estimate of drug-likeness (QED) is 0.818. The number of piperazine rings is 1. The molecule has 2 aliphatic rings. The molecule has 0 aliphatic carbocycles. The highest BCUT2D eigenvalue weighted by atomic mass is 16.3. The molecule has 1 aromatic heterocycles. The molecular formula is C23H27N3O4. The summed E-state index contributed by atoms with van der Waals surface area (Å²) in [6.45, 7) is 7.40. The predicted molar refractivity (Wildman–Crippen MR) is 115 cm³/mol. The Morgan fingerprint density at radius 1 is 1.07 bits per heavy atom. The van der Waals surface area contributed by atoms with Gasteiger partial charge < -0.3 is 19.3 Å². The number of carbonyl (C=O) groups is 2. The van der Waals surface area contributed by atoms with Crippen LogP contribution in [0, 0.1) is 5.92 Å². The van der Waals surface area contributed by atoms with E-state index < -0.39 is 17.7 Å². The number of aliphatic hydroxyl groups excluding tert-OH is 1. The molecule has 30 heavy (non-hydrogen) atoms. The SMILES string of the molecule is CC(C)C(=O)C1=C(O)C(=O)N(c2ccc(N3CCN(C)CC3)cc2)C1c1ccco1. The summed E-state index contributed by atoms with van der Waals surface area (Å²) in [6, 6.07) is 10.3. The number of aliphatic hydroxyl groups is 1. The van der Waals surface area contributed by atoms with Gasteiger partial charge in [-0.25, -0.2) is 0 Å². The van der Waals surface area contributed by atoms with E-state index in [1.54, 1.807) is 26.0 Å². The lowest BCUT2D eigenvalue weighted by Crippen LogP contribution is -2.44. The van der Waals surface area contributed by atoms with Gasteiger partial charge >= 0.3 is 0 Å². The summed E-state index contributed by atoms with van der Waals surface area (Å²) < 4.78 is 5.55. The van der Waals surface area contributed by atoms with Crippen LogP contribution in [0.4, 0.5) is 11.4 Å². The van der Waals surface area contributed by atoms with Crippen molar-refractivity contribution in [2.24, 2.45) is 5.92 Å². The molecule has 7 heteroatoms. The number of nitrogens with zero attached hydrogens (tertiary/aromatic N) is 3. The van der Waals surface area contributed by atoms with Gasteiger partial charge in [0.15, 0.2) is 11.5 Å². The Balaban J connectivity index is 1.67. The minimum Gasteiger partial charge on any atom is -0.503 e. The van der Waals surface area contributed by atoms with Crippen LogP contribution in [0.1, 0.15) is 25.6 Å². The first-order valence-electron chi connectivity index (χ1n) is 10.3. The normalized spacial score (nSPS) is 20.5. The third kappa shape index (κ3) is 3.50. The van der Waals surface area contributed by atoms with Gasteiger partial charge in [-0.05, 0) is 43.4 Å². The zero-order valence-electron chi connectivity index (χ0n) is 17.5. The highest BCUT2D eigenvalue weighted by Gasteiger charge is 2.46. The highest BCUT2D eigenvalue weighted by Crippen LogP contribution is 2.42. The van der Waals surface area contributed by atoms with Crippen molar-refractivity contribution in [3.8, 4) is 0 Å². The molecule has 0 radical (unpaired) electrons. The van der Waals surface area contributed by atoms with Crippen molar-refractivity contribution in [2.45, 2.75) is 19.9 Å². The Hall–Kier alpha value is -3.06. The number of likely N-dealkylation sites (N-methyl/N-ethyl adjacent to an activating group) is 1. The molecule has 1 aromatic carbocycles. The van der Waals surface area contributed by atoms with Crippen LogP contribution >= 0.6 is 0 Å². The van der Waals surface area contributed by atoms with Crippen molar-refractivity contribution in [1.29, 1.82) is 0 Å². The summed E-state index contributed by atoms with van der Waals surface area (Å²) in [5.41, 5.74) is 1.79. The summed E-state index contributed by atoms with van der Waals surface area (Å²) in [5, 5.41) is 10.6. The van der Waals surface area contributed by atoms with Crippen molar-refractivity contribution in [1.82, 2.24) is 4.90 Å².